The fourth-order valence-electron chi connectivity index (χ4n) is 2.57. The Morgan fingerprint density at radius 2 is 2.10 bits per heavy atom. The van der Waals surface area contributed by atoms with E-state index in [4.69, 9.17) is 5.73 Å². The molecular formula is C15H23N3O2. The second-order valence-corrected chi connectivity index (χ2v) is 5.82. The lowest BCUT2D eigenvalue weighted by Gasteiger charge is -2.30. The van der Waals surface area contributed by atoms with Crippen LogP contribution in [0, 0.1) is 0 Å². The van der Waals surface area contributed by atoms with Crippen LogP contribution in [0.1, 0.15) is 61.5 Å². The molecular weight excluding hydrogens is 254 g/mol. The number of hydrogen-bond donors (Lipinski definition) is 3. The quantitative estimate of drug-likeness (QED) is 0.787. The van der Waals surface area contributed by atoms with Gasteiger partial charge in [0.1, 0.15) is 5.82 Å². The number of carbonyl (C=O) groups is 1. The van der Waals surface area contributed by atoms with E-state index in [1.807, 2.05) is 13.8 Å². The molecule has 4 N–H and O–H groups in total. The minimum Gasteiger partial charge on any atom is -0.478 e. The summed E-state index contributed by atoms with van der Waals surface area (Å²) in [6.07, 6.45) is 4.34. The number of aromatic nitrogens is 1. The Morgan fingerprint density at radius 3 is 2.70 bits per heavy atom. The third-order valence-corrected chi connectivity index (χ3v) is 3.84. The summed E-state index contributed by atoms with van der Waals surface area (Å²) < 4.78 is 0. The summed E-state index contributed by atoms with van der Waals surface area (Å²) in [7, 11) is 0. The largest absolute Gasteiger partial charge is 0.478 e. The number of pyridine rings is 1. The number of nitrogens with zero attached hydrogens (tertiary/aromatic N) is 1. The van der Waals surface area contributed by atoms with Gasteiger partial charge in [-0.2, -0.15) is 0 Å². The van der Waals surface area contributed by atoms with Gasteiger partial charge in [-0.25, -0.2) is 9.78 Å². The van der Waals surface area contributed by atoms with Crippen molar-refractivity contribution in [1.29, 1.82) is 0 Å². The van der Waals surface area contributed by atoms with E-state index in [1.165, 1.54) is 6.42 Å². The third-order valence-electron chi connectivity index (χ3n) is 3.84. The fraction of sp³-hybridized carbons (Fsp3) is 0.600. The van der Waals surface area contributed by atoms with Gasteiger partial charge in [0, 0.05) is 17.8 Å². The van der Waals surface area contributed by atoms with Gasteiger partial charge in [0.2, 0.25) is 0 Å². The van der Waals surface area contributed by atoms with Crippen molar-refractivity contribution in [2.75, 3.05) is 5.32 Å². The number of aromatic carboxylic acids is 1. The van der Waals surface area contributed by atoms with Crippen molar-refractivity contribution in [2.45, 2.75) is 57.5 Å². The summed E-state index contributed by atoms with van der Waals surface area (Å²) >= 11 is 0. The first kappa shape index (κ1) is 14.8. The maximum Gasteiger partial charge on any atom is 0.335 e. The topological polar surface area (TPSA) is 88.2 Å². The van der Waals surface area contributed by atoms with Crippen molar-refractivity contribution in [3.05, 3.63) is 23.4 Å². The molecule has 2 atom stereocenters. The Hall–Kier alpha value is -1.62. The molecule has 0 aliphatic heterocycles. The highest BCUT2D eigenvalue weighted by atomic mass is 16.4. The Balaban J connectivity index is 2.23. The van der Waals surface area contributed by atoms with Gasteiger partial charge >= 0.3 is 5.97 Å². The molecule has 0 spiro atoms. The predicted molar refractivity (Wildman–Crippen MR) is 79.1 cm³/mol. The normalized spacial score (nSPS) is 22.8. The smallest absolute Gasteiger partial charge is 0.335 e. The summed E-state index contributed by atoms with van der Waals surface area (Å²) in [5.41, 5.74) is 7.18. The van der Waals surface area contributed by atoms with E-state index in [1.54, 1.807) is 12.1 Å². The minimum atomic E-state index is -0.926. The average molecular weight is 277 g/mol. The highest BCUT2D eigenvalue weighted by Gasteiger charge is 2.22. The first-order valence-corrected chi connectivity index (χ1v) is 7.24. The van der Waals surface area contributed by atoms with Crippen LogP contribution in [0.3, 0.4) is 0 Å². The van der Waals surface area contributed by atoms with Gasteiger partial charge in [0.25, 0.3) is 0 Å². The molecule has 1 aromatic heterocycles. The van der Waals surface area contributed by atoms with Crippen molar-refractivity contribution in [3.8, 4) is 0 Å². The Kier molecular flexibility index (Phi) is 4.60. The monoisotopic (exact) mass is 277 g/mol. The summed E-state index contributed by atoms with van der Waals surface area (Å²) in [5, 5.41) is 12.5. The lowest BCUT2D eigenvalue weighted by Crippen LogP contribution is -2.42. The van der Waals surface area contributed by atoms with Crippen molar-refractivity contribution in [3.63, 3.8) is 0 Å². The fourth-order valence-corrected chi connectivity index (χ4v) is 2.57. The molecule has 1 aliphatic carbocycles. The molecule has 110 valence electrons. The van der Waals surface area contributed by atoms with Crippen LogP contribution in [0.25, 0.3) is 0 Å². The number of nitrogens with one attached hydrogen (secondary N) is 1. The van der Waals surface area contributed by atoms with E-state index in [0.29, 0.717) is 5.82 Å². The zero-order valence-electron chi connectivity index (χ0n) is 12.1. The molecule has 2 unspecified atom stereocenters. The third kappa shape index (κ3) is 3.48. The van der Waals surface area contributed by atoms with Gasteiger partial charge in [-0.1, -0.05) is 26.7 Å². The number of carboxylic acids is 1. The second-order valence-electron chi connectivity index (χ2n) is 5.82. The SMILES string of the molecule is CC(C)c1cc(C(=O)O)cc(NC2CCCCC2N)n1. The number of anilines is 1. The first-order valence-electron chi connectivity index (χ1n) is 7.24. The molecule has 1 heterocycles. The van der Waals surface area contributed by atoms with E-state index in [0.717, 1.165) is 25.0 Å². The van der Waals surface area contributed by atoms with Crippen LogP contribution < -0.4 is 11.1 Å². The Labute approximate surface area is 119 Å². The molecule has 0 bridgehead atoms. The highest BCUT2D eigenvalue weighted by molar-refractivity contribution is 5.88. The second kappa shape index (κ2) is 6.22. The molecule has 1 saturated carbocycles. The van der Waals surface area contributed by atoms with Crippen molar-refractivity contribution in [2.24, 2.45) is 5.73 Å². The Bertz CT molecular complexity index is 488. The average Bonchev–Trinajstić information content (AvgIpc) is 2.41. The van der Waals surface area contributed by atoms with Crippen molar-refractivity contribution >= 4 is 11.8 Å². The summed E-state index contributed by atoms with van der Waals surface area (Å²) in [4.78, 5) is 15.7. The summed E-state index contributed by atoms with van der Waals surface area (Å²) in [6, 6.07) is 3.52. The Morgan fingerprint density at radius 1 is 1.40 bits per heavy atom. The number of carboxylic acid groups (broad SMARTS) is 1. The van der Waals surface area contributed by atoms with Gasteiger partial charge in [-0.05, 0) is 30.9 Å². The molecule has 2 rings (SSSR count). The van der Waals surface area contributed by atoms with E-state index in [-0.39, 0.29) is 23.6 Å². The molecule has 5 nitrogen and oxygen atoms in total. The number of nitrogens with two attached hydrogens (primary N) is 1. The van der Waals surface area contributed by atoms with Crippen molar-refractivity contribution in [1.82, 2.24) is 4.98 Å². The minimum absolute atomic E-state index is 0.113. The molecule has 1 fully saturated rings. The first-order chi connectivity index (χ1) is 9.47. The van der Waals surface area contributed by atoms with Gasteiger partial charge in [0.05, 0.1) is 5.56 Å². The summed E-state index contributed by atoms with van der Waals surface area (Å²) in [5.74, 6) is -0.115. The van der Waals surface area contributed by atoms with Gasteiger partial charge in [-0.3, -0.25) is 0 Å². The molecule has 0 radical (unpaired) electrons. The molecule has 0 amide bonds. The maximum atomic E-state index is 11.2. The van der Waals surface area contributed by atoms with Crippen LogP contribution in [0.4, 0.5) is 5.82 Å². The number of rotatable bonds is 4. The maximum absolute atomic E-state index is 11.2. The summed E-state index contributed by atoms with van der Waals surface area (Å²) in [6.45, 7) is 4.01. The van der Waals surface area contributed by atoms with Gasteiger partial charge in [0.15, 0.2) is 0 Å². The van der Waals surface area contributed by atoms with E-state index < -0.39 is 5.97 Å². The van der Waals surface area contributed by atoms with Gasteiger partial charge < -0.3 is 16.2 Å². The van der Waals surface area contributed by atoms with E-state index in [2.05, 4.69) is 10.3 Å². The van der Waals surface area contributed by atoms with Crippen LogP contribution in [0.5, 0.6) is 0 Å². The van der Waals surface area contributed by atoms with E-state index in [9.17, 15) is 9.90 Å². The molecule has 0 saturated heterocycles. The number of hydrogen-bond acceptors (Lipinski definition) is 4. The standard InChI is InChI=1S/C15H23N3O2/c1-9(2)13-7-10(15(19)20)8-14(18-13)17-12-6-4-3-5-11(12)16/h7-9,11-12H,3-6,16H2,1-2H3,(H,17,18)(H,19,20). The van der Waals surface area contributed by atoms with Crippen LogP contribution in [0.15, 0.2) is 12.1 Å². The highest BCUT2D eigenvalue weighted by Crippen LogP contribution is 2.23. The molecule has 5 heteroatoms. The van der Waals surface area contributed by atoms with Crippen LogP contribution in [-0.4, -0.2) is 28.1 Å². The zero-order valence-corrected chi connectivity index (χ0v) is 12.1. The van der Waals surface area contributed by atoms with Crippen LogP contribution in [0.2, 0.25) is 0 Å². The molecule has 20 heavy (non-hydrogen) atoms. The van der Waals surface area contributed by atoms with Crippen LogP contribution >= 0.6 is 0 Å². The van der Waals surface area contributed by atoms with Gasteiger partial charge in [-0.15, -0.1) is 0 Å². The molecule has 1 aromatic rings. The lowest BCUT2D eigenvalue weighted by molar-refractivity contribution is 0.0696. The predicted octanol–water partition coefficient (Wildman–Crippen LogP) is 2.58. The molecule has 0 aromatic carbocycles. The van der Waals surface area contributed by atoms with Crippen LogP contribution in [-0.2, 0) is 0 Å². The molecule has 1 aliphatic rings. The van der Waals surface area contributed by atoms with Crippen molar-refractivity contribution < 1.29 is 9.90 Å². The zero-order chi connectivity index (χ0) is 14.7. The lowest BCUT2D eigenvalue weighted by atomic mass is 9.91. The van der Waals surface area contributed by atoms with E-state index >= 15 is 0 Å².